The van der Waals surface area contributed by atoms with E-state index < -0.39 is 20.4 Å². The van der Waals surface area contributed by atoms with Gasteiger partial charge < -0.3 is 0 Å². The van der Waals surface area contributed by atoms with Gasteiger partial charge in [0, 0.05) is 0 Å². The Bertz CT molecular complexity index is 2210. The molecule has 0 bridgehead atoms. The molecule has 2 nitrogen and oxygen atoms in total. The van der Waals surface area contributed by atoms with Gasteiger partial charge in [0.1, 0.15) is 0 Å². The second kappa shape index (κ2) is 7.71. The van der Waals surface area contributed by atoms with Gasteiger partial charge in [-0.3, -0.25) is 0 Å². The number of thiophene rings is 1. The van der Waals surface area contributed by atoms with Gasteiger partial charge >= 0.3 is 248 Å². The van der Waals surface area contributed by atoms with Gasteiger partial charge in [-0.05, 0) is 0 Å². The molecule has 0 fully saturated rings. The summed E-state index contributed by atoms with van der Waals surface area (Å²) in [5, 5.41) is 4.27. The fraction of sp³-hybridized carbons (Fsp3) is 0.0286. The van der Waals surface area contributed by atoms with Crippen LogP contribution in [0.2, 0.25) is 0 Å². The standard InChI is InChI=1S/C35H21BN2STe/c1-20-14-16-28-26(18-20)31-24-10-5-6-13-30(24)40-34(31)36-37-27-17-15-22(21-8-3-2-4-9-21)19-25(27)23-11-7-12-29-32(23)33(37)35(39-29)38(28)36/h2-19H,1H3. The third-order valence-electron chi connectivity index (χ3n) is 8.81. The number of hydrogen-bond donors (Lipinski definition) is 0. The third kappa shape index (κ3) is 2.66. The summed E-state index contributed by atoms with van der Waals surface area (Å²) in [5.41, 5.74) is 13.6. The summed E-state index contributed by atoms with van der Waals surface area (Å²) in [6.45, 7) is 2.42. The van der Waals surface area contributed by atoms with Crippen LogP contribution in [0.1, 0.15) is 5.56 Å². The van der Waals surface area contributed by atoms with Gasteiger partial charge in [0.25, 0.3) is 0 Å². The molecule has 7 aromatic rings. The molecule has 0 unspecified atom stereocenters. The molecule has 0 spiro atoms. The quantitative estimate of drug-likeness (QED) is 0.166. The third-order valence-corrected chi connectivity index (χ3v) is 13.4. The zero-order valence-corrected chi connectivity index (χ0v) is 24.8. The van der Waals surface area contributed by atoms with Gasteiger partial charge in [0.2, 0.25) is 0 Å². The normalized spacial score (nSPS) is 14.0. The Morgan fingerprint density at radius 1 is 0.675 bits per heavy atom. The van der Waals surface area contributed by atoms with Crippen molar-refractivity contribution < 1.29 is 0 Å². The van der Waals surface area contributed by atoms with Crippen molar-refractivity contribution in [1.29, 1.82) is 0 Å². The number of anilines is 4. The fourth-order valence-corrected chi connectivity index (χ4v) is 12.1. The molecule has 3 aliphatic heterocycles. The topological polar surface area (TPSA) is 6.48 Å². The molecular weight excluding hydrogens is 619 g/mol. The Labute approximate surface area is 246 Å². The molecule has 5 heteroatoms. The van der Waals surface area contributed by atoms with Crippen LogP contribution in [0, 0.1) is 6.92 Å². The number of benzene rings is 5. The first-order valence-corrected chi connectivity index (χ1v) is 16.9. The van der Waals surface area contributed by atoms with Crippen LogP contribution in [0.25, 0.3) is 52.3 Å². The molecule has 10 rings (SSSR count). The van der Waals surface area contributed by atoms with Gasteiger partial charge in [0.05, 0.1) is 0 Å². The SMILES string of the molecule is Cc1ccc2c(c1)-c1c([te]c3ccccc13)B1N2c2sc3cccc4c3c2N1c1ccc(-c2ccccc2)cc1-4. The molecule has 5 heterocycles. The molecule has 186 valence electrons. The molecule has 0 amide bonds. The number of aryl methyl sites for hydroxylation is 1. The van der Waals surface area contributed by atoms with Crippen LogP contribution in [-0.4, -0.2) is 27.4 Å². The molecule has 0 N–H and O–H groups in total. The zero-order chi connectivity index (χ0) is 26.1. The fourth-order valence-electron chi connectivity index (χ4n) is 7.16. The van der Waals surface area contributed by atoms with Crippen molar-refractivity contribution in [3.05, 3.63) is 115 Å². The molecule has 0 atom stereocenters. The van der Waals surface area contributed by atoms with Gasteiger partial charge in [-0.2, -0.15) is 0 Å². The van der Waals surface area contributed by atoms with E-state index in [0.717, 1.165) is 0 Å². The summed E-state index contributed by atoms with van der Waals surface area (Å²) < 4.78 is 4.60. The van der Waals surface area contributed by atoms with Crippen LogP contribution in [0.5, 0.6) is 0 Å². The Morgan fingerprint density at radius 2 is 1.50 bits per heavy atom. The Kier molecular flexibility index (Phi) is 4.24. The predicted molar refractivity (Wildman–Crippen MR) is 173 cm³/mol. The van der Waals surface area contributed by atoms with Crippen LogP contribution in [-0.2, 0) is 0 Å². The molecular formula is C35H21BN2STe. The van der Waals surface area contributed by atoms with Crippen molar-refractivity contribution in [3.8, 4) is 33.4 Å². The van der Waals surface area contributed by atoms with E-state index in [0.29, 0.717) is 0 Å². The summed E-state index contributed by atoms with van der Waals surface area (Å²) in [5.74, 6) is 0. The Hall–Kier alpha value is -3.75. The maximum atomic E-state index is 2.71. The van der Waals surface area contributed by atoms with Crippen LogP contribution in [0.15, 0.2) is 109 Å². The van der Waals surface area contributed by atoms with E-state index >= 15 is 0 Å². The van der Waals surface area contributed by atoms with E-state index in [-0.39, 0.29) is 6.98 Å². The molecule has 40 heavy (non-hydrogen) atoms. The summed E-state index contributed by atoms with van der Waals surface area (Å²) in [7, 11) is 0. The van der Waals surface area contributed by atoms with Crippen molar-refractivity contribution in [2.45, 2.75) is 6.92 Å². The van der Waals surface area contributed by atoms with E-state index in [2.05, 4.69) is 126 Å². The summed E-state index contributed by atoms with van der Waals surface area (Å²) >= 11 is 1.45. The zero-order valence-electron chi connectivity index (χ0n) is 21.7. The van der Waals surface area contributed by atoms with E-state index in [1.807, 2.05) is 11.3 Å². The molecule has 0 saturated heterocycles. The molecule has 3 aliphatic rings. The van der Waals surface area contributed by atoms with Crippen LogP contribution >= 0.6 is 11.3 Å². The van der Waals surface area contributed by atoms with E-state index in [9.17, 15) is 0 Å². The Morgan fingerprint density at radius 3 is 2.42 bits per heavy atom. The van der Waals surface area contributed by atoms with Gasteiger partial charge in [0.15, 0.2) is 0 Å². The monoisotopic (exact) mass is 642 g/mol. The summed E-state index contributed by atoms with van der Waals surface area (Å²) in [4.78, 5) is 5.40. The predicted octanol–water partition coefficient (Wildman–Crippen LogP) is 8.73. The first-order chi connectivity index (χ1) is 19.8. The molecule has 5 aromatic carbocycles. The van der Waals surface area contributed by atoms with E-state index in [1.165, 1.54) is 76.5 Å². The first-order valence-electron chi connectivity index (χ1n) is 13.7. The van der Waals surface area contributed by atoms with Crippen LogP contribution in [0.4, 0.5) is 22.1 Å². The summed E-state index contributed by atoms with van der Waals surface area (Å²) in [6.07, 6.45) is 0. The average Bonchev–Trinajstić information content (AvgIpc) is 3.67. The minimum atomic E-state index is -0.515. The maximum absolute atomic E-state index is 2.71. The number of fused-ring (bicyclic) bond motifs is 13. The molecule has 0 aliphatic carbocycles. The van der Waals surface area contributed by atoms with Crippen molar-refractivity contribution >= 4 is 83.2 Å². The number of hydrogen-bond acceptors (Lipinski definition) is 3. The Balaban J connectivity index is 1.32. The average molecular weight is 640 g/mol. The molecule has 0 saturated carbocycles. The van der Waals surface area contributed by atoms with Crippen molar-refractivity contribution in [1.82, 2.24) is 0 Å². The van der Waals surface area contributed by atoms with Gasteiger partial charge in [-0.1, -0.05) is 0 Å². The van der Waals surface area contributed by atoms with Crippen molar-refractivity contribution in [2.24, 2.45) is 0 Å². The second-order valence-corrected chi connectivity index (χ2v) is 15.1. The first kappa shape index (κ1) is 22.0. The van der Waals surface area contributed by atoms with Crippen molar-refractivity contribution in [3.63, 3.8) is 0 Å². The molecule has 0 radical (unpaired) electrons. The van der Waals surface area contributed by atoms with Crippen LogP contribution < -0.4 is 13.1 Å². The van der Waals surface area contributed by atoms with Gasteiger partial charge in [-0.25, -0.2) is 0 Å². The van der Waals surface area contributed by atoms with Gasteiger partial charge in [-0.15, -0.1) is 0 Å². The second-order valence-electron chi connectivity index (χ2n) is 11.0. The minimum absolute atomic E-state index is 0.195. The van der Waals surface area contributed by atoms with E-state index in [4.69, 9.17) is 0 Å². The number of nitrogens with zero attached hydrogens (tertiary/aromatic N) is 2. The van der Waals surface area contributed by atoms with E-state index in [1.54, 1.807) is 6.88 Å². The van der Waals surface area contributed by atoms with Crippen molar-refractivity contribution in [2.75, 3.05) is 9.62 Å². The molecule has 2 aromatic heterocycles. The van der Waals surface area contributed by atoms with Crippen LogP contribution in [0.3, 0.4) is 0 Å². The number of rotatable bonds is 1. The summed E-state index contributed by atoms with van der Waals surface area (Å²) in [6, 6.07) is 41.1.